The first-order chi connectivity index (χ1) is 6.13. The van der Waals surface area contributed by atoms with Gasteiger partial charge >= 0.3 is 0 Å². The fraction of sp³-hybridized carbons (Fsp3) is 0.333. The van der Waals surface area contributed by atoms with Gasteiger partial charge in [-0.3, -0.25) is 0 Å². The Hall–Kier alpha value is -0.995. The van der Waals surface area contributed by atoms with Crippen molar-refractivity contribution in [2.24, 2.45) is 11.5 Å². The Kier molecular flexibility index (Phi) is 6.01. The maximum atomic E-state index is 5.70. The smallest absolute Gasteiger partial charge is 0.148 e. The molecule has 0 fully saturated rings. The summed E-state index contributed by atoms with van der Waals surface area (Å²) in [6.45, 7) is 5.58. The molecule has 5 N–H and O–H groups in total. The van der Waals surface area contributed by atoms with E-state index < -0.39 is 0 Å². The molecule has 0 rings (SSSR count). The molecular formula is C9H17BN3. The van der Waals surface area contributed by atoms with Crippen molar-refractivity contribution in [3.8, 4) is 0 Å². The van der Waals surface area contributed by atoms with E-state index in [0.29, 0.717) is 5.70 Å². The maximum absolute atomic E-state index is 5.70. The SMILES string of the molecule is C=C/C([B]C)=C\C(N)=C\C(N)NC. The van der Waals surface area contributed by atoms with Crippen molar-refractivity contribution in [3.05, 3.63) is 36.0 Å². The van der Waals surface area contributed by atoms with Gasteiger partial charge in [-0.05, 0) is 19.2 Å². The lowest BCUT2D eigenvalue weighted by atomic mass is 9.72. The molecule has 0 aromatic carbocycles. The third kappa shape index (κ3) is 5.28. The summed E-state index contributed by atoms with van der Waals surface area (Å²) >= 11 is 0. The molecule has 0 aliphatic heterocycles. The molecule has 3 nitrogen and oxygen atoms in total. The third-order valence-corrected chi connectivity index (χ3v) is 1.61. The van der Waals surface area contributed by atoms with Gasteiger partial charge < -0.3 is 16.8 Å². The van der Waals surface area contributed by atoms with Crippen molar-refractivity contribution in [1.82, 2.24) is 5.32 Å². The number of hydrogen-bond donors (Lipinski definition) is 3. The standard InChI is InChI=1S/C9H17BN3/c1-4-7(10-2)5-8(11)6-9(12)13-3/h4-6,9,13H,1,11-12H2,2-3H3/b7-5+,8-6-. The average molecular weight is 178 g/mol. The summed E-state index contributed by atoms with van der Waals surface area (Å²) in [6, 6.07) is 0. The van der Waals surface area contributed by atoms with Gasteiger partial charge in [-0.1, -0.05) is 25.0 Å². The molecule has 0 saturated heterocycles. The Morgan fingerprint density at radius 2 is 2.23 bits per heavy atom. The molecule has 13 heavy (non-hydrogen) atoms. The van der Waals surface area contributed by atoms with E-state index in [-0.39, 0.29) is 6.17 Å². The highest BCUT2D eigenvalue weighted by atomic mass is 15.0. The van der Waals surface area contributed by atoms with E-state index in [1.54, 1.807) is 19.2 Å². The van der Waals surface area contributed by atoms with Crippen LogP contribution in [-0.4, -0.2) is 20.5 Å². The molecule has 0 aliphatic carbocycles. The molecule has 1 unspecified atom stereocenters. The molecule has 4 heteroatoms. The second-order valence-corrected chi connectivity index (χ2v) is 2.62. The monoisotopic (exact) mass is 178 g/mol. The molecule has 0 aromatic heterocycles. The van der Waals surface area contributed by atoms with Crippen molar-refractivity contribution in [1.29, 1.82) is 0 Å². The molecule has 0 amide bonds. The van der Waals surface area contributed by atoms with Gasteiger partial charge in [0.1, 0.15) is 7.28 Å². The lowest BCUT2D eigenvalue weighted by molar-refractivity contribution is 0.695. The number of nitrogens with two attached hydrogens (primary N) is 2. The average Bonchev–Trinajstić information content (AvgIpc) is 2.13. The Bertz CT molecular complexity index is 221. The van der Waals surface area contributed by atoms with E-state index in [1.165, 1.54) is 0 Å². The van der Waals surface area contributed by atoms with E-state index in [1.807, 2.05) is 20.2 Å². The number of likely N-dealkylation sites (N-methyl/N-ethyl adjacent to an activating group) is 1. The third-order valence-electron chi connectivity index (χ3n) is 1.61. The number of nitrogens with one attached hydrogen (secondary N) is 1. The summed E-state index contributed by atoms with van der Waals surface area (Å²) < 4.78 is 0. The summed E-state index contributed by atoms with van der Waals surface area (Å²) in [5, 5.41) is 2.86. The van der Waals surface area contributed by atoms with E-state index in [0.717, 1.165) is 5.47 Å². The maximum Gasteiger partial charge on any atom is 0.148 e. The summed E-state index contributed by atoms with van der Waals surface area (Å²) in [6.07, 6.45) is 5.10. The van der Waals surface area contributed by atoms with Gasteiger partial charge in [0.05, 0.1) is 6.17 Å². The Labute approximate surface area is 80.8 Å². The topological polar surface area (TPSA) is 64.1 Å². The highest BCUT2D eigenvalue weighted by molar-refractivity contribution is 6.44. The Balaban J connectivity index is 4.41. The lowest BCUT2D eigenvalue weighted by Crippen LogP contribution is -2.32. The molecule has 0 heterocycles. The van der Waals surface area contributed by atoms with Crippen LogP contribution in [0.4, 0.5) is 0 Å². The zero-order chi connectivity index (χ0) is 10.3. The molecule has 1 atom stereocenters. The van der Waals surface area contributed by atoms with Gasteiger partial charge in [-0.15, -0.1) is 0 Å². The van der Waals surface area contributed by atoms with E-state index >= 15 is 0 Å². The normalized spacial score (nSPS) is 15.3. The van der Waals surface area contributed by atoms with Crippen LogP contribution in [0.25, 0.3) is 0 Å². The highest BCUT2D eigenvalue weighted by Crippen LogP contribution is 1.97. The van der Waals surface area contributed by atoms with E-state index in [2.05, 4.69) is 11.9 Å². The summed E-state index contributed by atoms with van der Waals surface area (Å²) in [5.74, 6) is 0. The summed E-state index contributed by atoms with van der Waals surface area (Å²) in [5.41, 5.74) is 12.9. The Morgan fingerprint density at radius 1 is 1.62 bits per heavy atom. The van der Waals surface area contributed by atoms with E-state index in [9.17, 15) is 0 Å². The zero-order valence-electron chi connectivity index (χ0n) is 8.25. The van der Waals surface area contributed by atoms with Gasteiger partial charge in [0.15, 0.2) is 0 Å². The molecule has 71 valence electrons. The molecule has 0 aliphatic rings. The van der Waals surface area contributed by atoms with Gasteiger partial charge in [-0.2, -0.15) is 0 Å². The molecule has 0 saturated carbocycles. The predicted molar refractivity (Wildman–Crippen MR) is 59.2 cm³/mol. The van der Waals surface area contributed by atoms with Crippen LogP contribution >= 0.6 is 0 Å². The minimum Gasteiger partial charge on any atom is -0.399 e. The zero-order valence-corrected chi connectivity index (χ0v) is 8.25. The number of hydrogen-bond acceptors (Lipinski definition) is 3. The fourth-order valence-corrected chi connectivity index (χ4v) is 0.791. The molecule has 0 aromatic rings. The van der Waals surface area contributed by atoms with Gasteiger partial charge in [0, 0.05) is 5.70 Å². The number of rotatable bonds is 5. The van der Waals surface area contributed by atoms with Crippen LogP contribution in [0.15, 0.2) is 36.0 Å². The first-order valence-corrected chi connectivity index (χ1v) is 4.17. The molecule has 1 radical (unpaired) electrons. The molecule has 0 spiro atoms. The first kappa shape index (κ1) is 12.0. The van der Waals surface area contributed by atoms with Crippen LogP contribution in [0, 0.1) is 0 Å². The van der Waals surface area contributed by atoms with Crippen LogP contribution in [0.1, 0.15) is 0 Å². The molecule has 0 bridgehead atoms. The second-order valence-electron chi connectivity index (χ2n) is 2.62. The largest absolute Gasteiger partial charge is 0.399 e. The minimum absolute atomic E-state index is 0.209. The van der Waals surface area contributed by atoms with Crippen LogP contribution in [0.5, 0.6) is 0 Å². The van der Waals surface area contributed by atoms with Gasteiger partial charge in [-0.25, -0.2) is 0 Å². The van der Waals surface area contributed by atoms with Crippen molar-refractivity contribution in [3.63, 3.8) is 0 Å². The summed E-state index contributed by atoms with van der Waals surface area (Å²) in [4.78, 5) is 0. The first-order valence-electron chi connectivity index (χ1n) is 4.17. The lowest BCUT2D eigenvalue weighted by Gasteiger charge is -2.05. The van der Waals surface area contributed by atoms with Gasteiger partial charge in [0.2, 0.25) is 0 Å². The van der Waals surface area contributed by atoms with Crippen molar-refractivity contribution in [2.45, 2.75) is 13.0 Å². The van der Waals surface area contributed by atoms with Crippen LogP contribution in [0.3, 0.4) is 0 Å². The number of allylic oxidation sites excluding steroid dienone is 3. The summed E-state index contributed by atoms with van der Waals surface area (Å²) in [7, 11) is 3.71. The highest BCUT2D eigenvalue weighted by Gasteiger charge is 1.94. The molecular weight excluding hydrogens is 161 g/mol. The van der Waals surface area contributed by atoms with Gasteiger partial charge in [0.25, 0.3) is 0 Å². The van der Waals surface area contributed by atoms with Crippen LogP contribution < -0.4 is 16.8 Å². The minimum atomic E-state index is -0.209. The van der Waals surface area contributed by atoms with E-state index in [4.69, 9.17) is 11.5 Å². The quantitative estimate of drug-likeness (QED) is 0.319. The van der Waals surface area contributed by atoms with Crippen LogP contribution in [-0.2, 0) is 0 Å². The van der Waals surface area contributed by atoms with Crippen molar-refractivity contribution in [2.75, 3.05) is 7.05 Å². The second kappa shape index (κ2) is 6.51. The van der Waals surface area contributed by atoms with Crippen LogP contribution in [0.2, 0.25) is 6.82 Å². The van der Waals surface area contributed by atoms with Crippen molar-refractivity contribution < 1.29 is 0 Å². The Morgan fingerprint density at radius 3 is 2.62 bits per heavy atom. The van der Waals surface area contributed by atoms with Crippen molar-refractivity contribution >= 4 is 7.28 Å². The predicted octanol–water partition coefficient (Wildman–Crippen LogP) is 0.155. The fourth-order valence-electron chi connectivity index (χ4n) is 0.791.